The molecule has 0 fully saturated rings. The number of nitrogens with one attached hydrogen (secondary N) is 1. The van der Waals surface area contributed by atoms with Gasteiger partial charge in [-0.15, -0.1) is 0 Å². The van der Waals surface area contributed by atoms with Crippen molar-refractivity contribution >= 4 is 31.6 Å². The fraction of sp³-hybridized carbons (Fsp3) is 0.143. The number of anilines is 1. The summed E-state index contributed by atoms with van der Waals surface area (Å²) in [4.78, 5) is 0.0143. The van der Waals surface area contributed by atoms with Crippen molar-refractivity contribution in [2.75, 3.05) is 4.72 Å². The molecule has 0 atom stereocenters. The van der Waals surface area contributed by atoms with Crippen LogP contribution >= 0.6 is 15.9 Å². The first kappa shape index (κ1) is 15.9. The number of halogens is 2. The normalized spacial score (nSPS) is 11.4. The second kappa shape index (κ2) is 6.13. The number of benzene rings is 2. The Labute approximate surface area is 130 Å². The zero-order chi connectivity index (χ0) is 15.6. The van der Waals surface area contributed by atoms with Gasteiger partial charge in [0.2, 0.25) is 0 Å². The van der Waals surface area contributed by atoms with Crippen molar-refractivity contribution in [3.05, 3.63) is 57.8 Å². The van der Waals surface area contributed by atoms with Crippen LogP contribution in [0.25, 0.3) is 0 Å². The van der Waals surface area contributed by atoms with Crippen LogP contribution in [-0.4, -0.2) is 13.5 Å². The van der Waals surface area contributed by atoms with Gasteiger partial charge in [0.1, 0.15) is 5.82 Å². The molecule has 0 aliphatic heterocycles. The monoisotopic (exact) mass is 373 g/mol. The van der Waals surface area contributed by atoms with Crippen LogP contribution in [0.3, 0.4) is 0 Å². The highest BCUT2D eigenvalue weighted by Gasteiger charge is 2.16. The molecule has 0 aromatic heterocycles. The van der Waals surface area contributed by atoms with Crippen LogP contribution in [0.4, 0.5) is 10.1 Å². The highest BCUT2D eigenvalue weighted by atomic mass is 79.9. The van der Waals surface area contributed by atoms with E-state index in [4.69, 9.17) is 0 Å². The van der Waals surface area contributed by atoms with Crippen LogP contribution in [0, 0.1) is 12.7 Å². The summed E-state index contributed by atoms with van der Waals surface area (Å²) in [7, 11) is -3.84. The molecule has 112 valence electrons. The maximum absolute atomic E-state index is 13.4. The molecule has 0 saturated carbocycles. The van der Waals surface area contributed by atoms with E-state index in [1.807, 2.05) is 0 Å². The molecule has 0 spiro atoms. The Bertz CT molecular complexity index is 778. The van der Waals surface area contributed by atoms with Gasteiger partial charge in [-0.3, -0.25) is 4.72 Å². The van der Waals surface area contributed by atoms with Gasteiger partial charge in [0.15, 0.2) is 0 Å². The lowest BCUT2D eigenvalue weighted by atomic mass is 10.1. The van der Waals surface area contributed by atoms with Gasteiger partial charge in [-0.2, -0.15) is 0 Å². The Morgan fingerprint density at radius 3 is 2.57 bits per heavy atom. The summed E-state index contributed by atoms with van der Waals surface area (Å²) in [5.74, 6) is -0.560. The van der Waals surface area contributed by atoms with Crippen molar-refractivity contribution in [3.8, 4) is 0 Å². The molecule has 0 saturated heterocycles. The van der Waals surface area contributed by atoms with Crippen molar-refractivity contribution in [1.29, 1.82) is 0 Å². The highest BCUT2D eigenvalue weighted by molar-refractivity contribution is 9.10. The molecule has 0 unspecified atom stereocenters. The van der Waals surface area contributed by atoms with Crippen molar-refractivity contribution in [2.45, 2.75) is 18.4 Å². The van der Waals surface area contributed by atoms with E-state index in [9.17, 15) is 17.9 Å². The minimum Gasteiger partial charge on any atom is -0.392 e. The molecule has 2 N–H and O–H groups in total. The average molecular weight is 374 g/mol. The lowest BCUT2D eigenvalue weighted by molar-refractivity contribution is 0.281. The van der Waals surface area contributed by atoms with Crippen molar-refractivity contribution in [1.82, 2.24) is 0 Å². The predicted octanol–water partition coefficient (Wildman–Crippen LogP) is 3.19. The van der Waals surface area contributed by atoms with Gasteiger partial charge in [0, 0.05) is 0 Å². The summed E-state index contributed by atoms with van der Waals surface area (Å²) in [5, 5.41) is 9.20. The zero-order valence-corrected chi connectivity index (χ0v) is 13.5. The van der Waals surface area contributed by atoms with Crippen LogP contribution in [0.2, 0.25) is 0 Å². The fourth-order valence-corrected chi connectivity index (χ4v) is 3.11. The fourth-order valence-electron chi connectivity index (χ4n) is 1.76. The Morgan fingerprint density at radius 1 is 1.24 bits per heavy atom. The first-order chi connectivity index (χ1) is 9.83. The quantitative estimate of drug-likeness (QED) is 0.864. The molecule has 0 radical (unpaired) electrons. The van der Waals surface area contributed by atoms with Gasteiger partial charge >= 0.3 is 0 Å². The first-order valence-electron chi connectivity index (χ1n) is 6.02. The van der Waals surface area contributed by atoms with Gasteiger partial charge < -0.3 is 5.11 Å². The molecule has 4 nitrogen and oxygen atoms in total. The number of aryl methyl sites for hydroxylation is 1. The van der Waals surface area contributed by atoms with E-state index < -0.39 is 15.8 Å². The Kier molecular flexibility index (Phi) is 4.65. The third-order valence-corrected chi connectivity index (χ3v) is 5.00. The summed E-state index contributed by atoms with van der Waals surface area (Å²) < 4.78 is 40.5. The molecule has 2 rings (SSSR count). The first-order valence-corrected chi connectivity index (χ1v) is 8.29. The van der Waals surface area contributed by atoms with E-state index in [2.05, 4.69) is 20.7 Å². The number of aliphatic hydroxyl groups is 1. The SMILES string of the molecule is Cc1ccc(S(=O)(=O)Nc2ccc(Br)c(F)c2)cc1CO. The Morgan fingerprint density at radius 2 is 1.95 bits per heavy atom. The molecule has 2 aromatic rings. The number of sulfonamides is 1. The Hall–Kier alpha value is -1.44. The maximum atomic E-state index is 13.4. The van der Waals surface area contributed by atoms with Crippen LogP contribution in [-0.2, 0) is 16.6 Å². The molecule has 21 heavy (non-hydrogen) atoms. The average Bonchev–Trinajstić information content (AvgIpc) is 2.43. The summed E-state index contributed by atoms with van der Waals surface area (Å²) in [6, 6.07) is 8.40. The number of hydrogen-bond acceptors (Lipinski definition) is 3. The minimum atomic E-state index is -3.84. The topological polar surface area (TPSA) is 66.4 Å². The molecule has 0 amide bonds. The molecular weight excluding hydrogens is 361 g/mol. The molecule has 0 heterocycles. The summed E-state index contributed by atoms with van der Waals surface area (Å²) in [6.45, 7) is 1.53. The molecule has 7 heteroatoms. The molecule has 2 aromatic carbocycles. The van der Waals surface area contributed by atoms with Gasteiger partial charge in [0.25, 0.3) is 10.0 Å². The summed E-state index contributed by atoms with van der Waals surface area (Å²) in [5.41, 5.74) is 1.45. The maximum Gasteiger partial charge on any atom is 0.261 e. The molecule has 0 aliphatic carbocycles. The third kappa shape index (κ3) is 3.61. The summed E-state index contributed by atoms with van der Waals surface area (Å²) >= 11 is 3.00. The van der Waals surface area contributed by atoms with Crippen molar-refractivity contribution in [2.24, 2.45) is 0 Å². The van der Waals surface area contributed by atoms with E-state index in [-0.39, 0.29) is 21.7 Å². The highest BCUT2D eigenvalue weighted by Crippen LogP contribution is 2.23. The Balaban J connectivity index is 2.35. The second-order valence-electron chi connectivity index (χ2n) is 4.48. The van der Waals surface area contributed by atoms with Gasteiger partial charge in [-0.25, -0.2) is 12.8 Å². The van der Waals surface area contributed by atoms with Crippen molar-refractivity contribution in [3.63, 3.8) is 0 Å². The second-order valence-corrected chi connectivity index (χ2v) is 7.02. The van der Waals surface area contributed by atoms with E-state index in [1.165, 1.54) is 24.3 Å². The summed E-state index contributed by atoms with van der Waals surface area (Å²) in [6.07, 6.45) is 0. The standard InChI is InChI=1S/C14H13BrFNO3S/c1-9-2-4-12(6-10(9)8-18)21(19,20)17-11-3-5-13(15)14(16)7-11/h2-7,17-18H,8H2,1H3. The molecular formula is C14H13BrFNO3S. The van der Waals surface area contributed by atoms with Crippen LogP contribution in [0.5, 0.6) is 0 Å². The van der Waals surface area contributed by atoms with Gasteiger partial charge in [-0.1, -0.05) is 6.07 Å². The minimum absolute atomic E-state index is 0.0143. The van der Waals surface area contributed by atoms with E-state index >= 15 is 0 Å². The smallest absolute Gasteiger partial charge is 0.261 e. The zero-order valence-electron chi connectivity index (χ0n) is 11.1. The van der Waals surface area contributed by atoms with E-state index in [0.717, 1.165) is 11.6 Å². The number of hydrogen-bond donors (Lipinski definition) is 2. The molecule has 0 bridgehead atoms. The van der Waals surface area contributed by atoms with E-state index in [0.29, 0.717) is 5.56 Å². The van der Waals surface area contributed by atoms with Crippen molar-refractivity contribution < 1.29 is 17.9 Å². The molecule has 0 aliphatic rings. The lowest BCUT2D eigenvalue weighted by Gasteiger charge is -2.10. The van der Waals surface area contributed by atoms with E-state index in [1.54, 1.807) is 13.0 Å². The van der Waals surface area contributed by atoms with Gasteiger partial charge in [-0.05, 0) is 64.3 Å². The van der Waals surface area contributed by atoms with Crippen LogP contribution < -0.4 is 4.72 Å². The van der Waals surface area contributed by atoms with Gasteiger partial charge in [0.05, 0.1) is 21.7 Å². The van der Waals surface area contributed by atoms with Crippen LogP contribution in [0.15, 0.2) is 45.8 Å². The van der Waals surface area contributed by atoms with Crippen LogP contribution in [0.1, 0.15) is 11.1 Å². The number of rotatable bonds is 4. The third-order valence-electron chi connectivity index (χ3n) is 2.97. The lowest BCUT2D eigenvalue weighted by Crippen LogP contribution is -2.13. The largest absolute Gasteiger partial charge is 0.392 e. The predicted molar refractivity (Wildman–Crippen MR) is 82.0 cm³/mol. The number of aliphatic hydroxyl groups excluding tert-OH is 1.